The smallest absolute Gasteiger partial charge is 0.173 e. The minimum atomic E-state index is 0.839. The molecule has 0 radical (unpaired) electrons. The summed E-state index contributed by atoms with van der Waals surface area (Å²) in [6.45, 7) is 4.32. The van der Waals surface area contributed by atoms with Gasteiger partial charge in [0.2, 0.25) is 0 Å². The lowest BCUT2D eigenvalue weighted by Gasteiger charge is -2.26. The molecule has 0 aromatic heterocycles. The Balaban J connectivity index is 1.77. The first-order valence-corrected chi connectivity index (χ1v) is 8.89. The number of hydrogen-bond acceptors (Lipinski definition) is 1. The molecular formula is C20H24N2S. The van der Waals surface area contributed by atoms with Crippen LogP contribution in [-0.4, -0.2) is 23.1 Å². The van der Waals surface area contributed by atoms with Crippen molar-refractivity contribution < 1.29 is 0 Å². The molecule has 0 unspecified atom stereocenters. The van der Waals surface area contributed by atoms with Crippen LogP contribution in [0.2, 0.25) is 0 Å². The Kier molecular flexibility index (Phi) is 5.29. The lowest BCUT2D eigenvalue weighted by Crippen LogP contribution is -2.37. The van der Waals surface area contributed by atoms with Crippen molar-refractivity contribution in [3.05, 3.63) is 54.6 Å². The zero-order valence-corrected chi connectivity index (χ0v) is 14.5. The number of rotatable bonds is 6. The van der Waals surface area contributed by atoms with Crippen molar-refractivity contribution in [2.45, 2.75) is 26.2 Å². The molecule has 3 rings (SSSR count). The standard InChI is InChI=1S/C20H24N2S/c1-2-14-22(15-16-12-13-16)20(23)21-19-11-7-6-10-18(19)17-8-4-3-5-9-17/h3-11,16H,2,12-15H2,1H3,(H,21,23). The van der Waals surface area contributed by atoms with Crippen LogP contribution in [0.5, 0.6) is 0 Å². The second kappa shape index (κ2) is 7.60. The third kappa shape index (κ3) is 4.32. The quantitative estimate of drug-likeness (QED) is 0.738. The van der Waals surface area contributed by atoms with Gasteiger partial charge in [0.05, 0.1) is 0 Å². The molecule has 1 saturated carbocycles. The highest BCUT2D eigenvalue weighted by atomic mass is 32.1. The first kappa shape index (κ1) is 16.0. The highest BCUT2D eigenvalue weighted by Gasteiger charge is 2.25. The average Bonchev–Trinajstić information content (AvgIpc) is 3.40. The van der Waals surface area contributed by atoms with Gasteiger partial charge in [-0.1, -0.05) is 55.5 Å². The normalized spacial score (nSPS) is 13.6. The molecule has 1 fully saturated rings. The minimum absolute atomic E-state index is 0.839. The van der Waals surface area contributed by atoms with Gasteiger partial charge in [-0.2, -0.15) is 0 Å². The molecule has 23 heavy (non-hydrogen) atoms. The minimum Gasteiger partial charge on any atom is -0.349 e. The van der Waals surface area contributed by atoms with Crippen LogP contribution < -0.4 is 5.32 Å². The Bertz CT molecular complexity index is 650. The molecule has 120 valence electrons. The third-order valence-electron chi connectivity index (χ3n) is 4.21. The largest absolute Gasteiger partial charge is 0.349 e. The number of hydrogen-bond donors (Lipinski definition) is 1. The van der Waals surface area contributed by atoms with E-state index < -0.39 is 0 Å². The van der Waals surface area contributed by atoms with E-state index in [1.54, 1.807) is 0 Å². The van der Waals surface area contributed by atoms with E-state index in [9.17, 15) is 0 Å². The predicted molar refractivity (Wildman–Crippen MR) is 103 cm³/mol. The van der Waals surface area contributed by atoms with E-state index in [1.165, 1.54) is 24.0 Å². The summed E-state index contributed by atoms with van der Waals surface area (Å²) in [6.07, 6.45) is 3.82. The Labute approximate surface area is 144 Å². The first-order valence-electron chi connectivity index (χ1n) is 8.48. The van der Waals surface area contributed by atoms with Gasteiger partial charge in [0, 0.05) is 24.3 Å². The number of nitrogens with one attached hydrogen (secondary N) is 1. The zero-order valence-electron chi connectivity index (χ0n) is 13.7. The maximum Gasteiger partial charge on any atom is 0.173 e. The summed E-state index contributed by atoms with van der Waals surface area (Å²) < 4.78 is 0. The molecule has 0 atom stereocenters. The molecule has 0 bridgehead atoms. The topological polar surface area (TPSA) is 15.3 Å². The zero-order chi connectivity index (χ0) is 16.1. The van der Waals surface area contributed by atoms with Gasteiger partial charge >= 0.3 is 0 Å². The fourth-order valence-corrected chi connectivity index (χ4v) is 3.09. The van der Waals surface area contributed by atoms with E-state index in [4.69, 9.17) is 12.2 Å². The summed E-state index contributed by atoms with van der Waals surface area (Å²) in [6, 6.07) is 18.8. The molecule has 0 aliphatic heterocycles. The van der Waals surface area contributed by atoms with E-state index in [2.05, 4.69) is 65.7 Å². The molecule has 1 aliphatic carbocycles. The van der Waals surface area contributed by atoms with E-state index in [1.807, 2.05) is 6.07 Å². The second-order valence-electron chi connectivity index (χ2n) is 6.23. The second-order valence-corrected chi connectivity index (χ2v) is 6.62. The third-order valence-corrected chi connectivity index (χ3v) is 4.57. The van der Waals surface area contributed by atoms with Crippen molar-refractivity contribution in [1.82, 2.24) is 4.90 Å². The van der Waals surface area contributed by atoms with Crippen LogP contribution in [0.3, 0.4) is 0 Å². The van der Waals surface area contributed by atoms with Crippen LogP contribution in [0.1, 0.15) is 26.2 Å². The highest BCUT2D eigenvalue weighted by molar-refractivity contribution is 7.80. The van der Waals surface area contributed by atoms with E-state index in [-0.39, 0.29) is 0 Å². The van der Waals surface area contributed by atoms with Crippen molar-refractivity contribution in [1.29, 1.82) is 0 Å². The van der Waals surface area contributed by atoms with Gasteiger partial charge < -0.3 is 10.2 Å². The monoisotopic (exact) mass is 324 g/mol. The Hall–Kier alpha value is -1.87. The van der Waals surface area contributed by atoms with Gasteiger partial charge in [-0.05, 0) is 49.0 Å². The van der Waals surface area contributed by atoms with Crippen LogP contribution in [0.15, 0.2) is 54.6 Å². The molecular weight excluding hydrogens is 300 g/mol. The van der Waals surface area contributed by atoms with Gasteiger partial charge in [0.1, 0.15) is 0 Å². The Morgan fingerprint density at radius 1 is 1.09 bits per heavy atom. The maximum absolute atomic E-state index is 5.69. The van der Waals surface area contributed by atoms with E-state index >= 15 is 0 Å². The van der Waals surface area contributed by atoms with E-state index in [0.717, 1.165) is 36.2 Å². The van der Waals surface area contributed by atoms with Crippen LogP contribution >= 0.6 is 12.2 Å². The van der Waals surface area contributed by atoms with E-state index in [0.29, 0.717) is 0 Å². The van der Waals surface area contributed by atoms with Crippen molar-refractivity contribution in [2.75, 3.05) is 18.4 Å². The summed E-state index contributed by atoms with van der Waals surface area (Å²) in [7, 11) is 0. The lowest BCUT2D eigenvalue weighted by atomic mass is 10.0. The summed E-state index contributed by atoms with van der Waals surface area (Å²) in [5.74, 6) is 0.839. The molecule has 2 aromatic carbocycles. The molecule has 1 N–H and O–H groups in total. The Morgan fingerprint density at radius 2 is 1.78 bits per heavy atom. The SMILES string of the molecule is CCCN(CC1CC1)C(=S)Nc1ccccc1-c1ccccc1. The summed E-state index contributed by atoms with van der Waals surface area (Å²) in [5.41, 5.74) is 3.49. The van der Waals surface area contributed by atoms with Gasteiger partial charge in [0.15, 0.2) is 5.11 Å². The van der Waals surface area contributed by atoms with Crippen molar-refractivity contribution in [2.24, 2.45) is 5.92 Å². The van der Waals surface area contributed by atoms with Gasteiger partial charge in [-0.15, -0.1) is 0 Å². The highest BCUT2D eigenvalue weighted by Crippen LogP contribution is 2.31. The Morgan fingerprint density at radius 3 is 2.48 bits per heavy atom. The van der Waals surface area contributed by atoms with Crippen LogP contribution in [-0.2, 0) is 0 Å². The number of benzene rings is 2. The summed E-state index contributed by atoms with van der Waals surface area (Å²) in [5, 5.41) is 4.33. The summed E-state index contributed by atoms with van der Waals surface area (Å²) in [4.78, 5) is 2.33. The fourth-order valence-electron chi connectivity index (χ4n) is 2.81. The molecule has 0 spiro atoms. The van der Waals surface area contributed by atoms with Crippen LogP contribution in [0.4, 0.5) is 5.69 Å². The molecule has 0 heterocycles. The number of thiocarbonyl (C=S) groups is 1. The van der Waals surface area contributed by atoms with Gasteiger partial charge in [-0.3, -0.25) is 0 Å². The van der Waals surface area contributed by atoms with Gasteiger partial charge in [-0.25, -0.2) is 0 Å². The number of anilines is 1. The van der Waals surface area contributed by atoms with Crippen molar-refractivity contribution >= 4 is 23.0 Å². The summed E-state index contributed by atoms with van der Waals surface area (Å²) >= 11 is 5.69. The predicted octanol–water partition coefficient (Wildman–Crippen LogP) is 5.17. The molecule has 2 nitrogen and oxygen atoms in total. The average molecular weight is 324 g/mol. The number of para-hydroxylation sites is 1. The van der Waals surface area contributed by atoms with Crippen molar-refractivity contribution in [3.8, 4) is 11.1 Å². The molecule has 0 saturated heterocycles. The van der Waals surface area contributed by atoms with Crippen LogP contribution in [0.25, 0.3) is 11.1 Å². The molecule has 0 amide bonds. The molecule has 2 aromatic rings. The number of nitrogens with zero attached hydrogens (tertiary/aromatic N) is 1. The first-order chi connectivity index (χ1) is 11.3. The van der Waals surface area contributed by atoms with Gasteiger partial charge in [0.25, 0.3) is 0 Å². The molecule has 1 aliphatic rings. The molecule has 3 heteroatoms. The van der Waals surface area contributed by atoms with Crippen molar-refractivity contribution in [3.63, 3.8) is 0 Å². The lowest BCUT2D eigenvalue weighted by molar-refractivity contribution is 0.404. The fraction of sp³-hybridized carbons (Fsp3) is 0.350. The van der Waals surface area contributed by atoms with Crippen LogP contribution in [0, 0.1) is 5.92 Å². The maximum atomic E-state index is 5.69.